The van der Waals surface area contributed by atoms with Gasteiger partial charge in [0.2, 0.25) is 3.79 Å². The van der Waals surface area contributed by atoms with Crippen molar-refractivity contribution in [3.05, 3.63) is 39.9 Å². The summed E-state index contributed by atoms with van der Waals surface area (Å²) in [7, 11) is 0. The van der Waals surface area contributed by atoms with Crippen LogP contribution in [0.15, 0.2) is 18.2 Å². The number of aryl methyl sites for hydroxylation is 1. The van der Waals surface area contributed by atoms with Gasteiger partial charge < -0.3 is 5.11 Å². The molecule has 0 aliphatic carbocycles. The SMILES string of the molecule is O=C(O)CCc1nc(C(Cl)(Cl)Cl)n(-c2ccc(Cl)cc2Cl)n1. The van der Waals surface area contributed by atoms with Gasteiger partial charge in [-0.05, 0) is 18.2 Å². The van der Waals surface area contributed by atoms with Gasteiger partial charge in [0.1, 0.15) is 0 Å². The van der Waals surface area contributed by atoms with Gasteiger partial charge in [-0.3, -0.25) is 4.79 Å². The van der Waals surface area contributed by atoms with E-state index >= 15 is 0 Å². The van der Waals surface area contributed by atoms with Crippen LogP contribution in [-0.4, -0.2) is 25.8 Å². The first-order valence-electron chi connectivity index (χ1n) is 5.89. The van der Waals surface area contributed by atoms with Crippen molar-refractivity contribution in [2.45, 2.75) is 16.6 Å². The summed E-state index contributed by atoms with van der Waals surface area (Å²) in [5.41, 5.74) is 0.418. The lowest BCUT2D eigenvalue weighted by atomic mass is 10.3. The van der Waals surface area contributed by atoms with Crippen LogP contribution in [-0.2, 0) is 15.0 Å². The van der Waals surface area contributed by atoms with Crippen LogP contribution in [0, 0.1) is 0 Å². The van der Waals surface area contributed by atoms with Gasteiger partial charge in [-0.25, -0.2) is 9.67 Å². The van der Waals surface area contributed by atoms with Gasteiger partial charge in [0.15, 0.2) is 11.6 Å². The number of aliphatic carboxylic acids is 1. The molecule has 0 aliphatic heterocycles. The van der Waals surface area contributed by atoms with Gasteiger partial charge in [0.25, 0.3) is 0 Å². The number of benzene rings is 1. The fourth-order valence-corrected chi connectivity index (χ4v) is 2.54. The minimum absolute atomic E-state index is 0.0158. The summed E-state index contributed by atoms with van der Waals surface area (Å²) in [5.74, 6) is -0.729. The summed E-state index contributed by atoms with van der Waals surface area (Å²) in [6, 6.07) is 4.71. The van der Waals surface area contributed by atoms with Crippen molar-refractivity contribution in [2.75, 3.05) is 0 Å². The molecule has 0 spiro atoms. The van der Waals surface area contributed by atoms with Crippen LogP contribution in [0.5, 0.6) is 0 Å². The molecule has 118 valence electrons. The molecule has 1 heterocycles. The van der Waals surface area contributed by atoms with E-state index in [-0.39, 0.29) is 29.5 Å². The molecule has 0 amide bonds. The highest BCUT2D eigenvalue weighted by Gasteiger charge is 2.32. The first-order chi connectivity index (χ1) is 10.2. The molecule has 0 aliphatic rings. The van der Waals surface area contributed by atoms with E-state index in [0.717, 1.165) is 0 Å². The summed E-state index contributed by atoms with van der Waals surface area (Å²) in [4.78, 5) is 14.7. The third-order valence-corrected chi connectivity index (χ3v) is 3.65. The van der Waals surface area contributed by atoms with Crippen LogP contribution in [0.3, 0.4) is 0 Å². The second-order valence-electron chi connectivity index (χ2n) is 4.25. The maximum atomic E-state index is 10.6. The monoisotopic (exact) mass is 401 g/mol. The zero-order valence-electron chi connectivity index (χ0n) is 10.7. The van der Waals surface area contributed by atoms with Crippen LogP contribution in [0.2, 0.25) is 10.0 Å². The average molecular weight is 403 g/mol. The predicted molar refractivity (Wildman–Crippen MR) is 86.6 cm³/mol. The van der Waals surface area contributed by atoms with Crippen LogP contribution in [0.4, 0.5) is 0 Å². The predicted octanol–water partition coefficient (Wildman–Crippen LogP) is 4.42. The van der Waals surface area contributed by atoms with Crippen molar-refractivity contribution in [2.24, 2.45) is 0 Å². The highest BCUT2D eigenvalue weighted by molar-refractivity contribution is 6.66. The summed E-state index contributed by atoms with van der Waals surface area (Å²) >= 11 is 29.7. The van der Waals surface area contributed by atoms with E-state index in [1.165, 1.54) is 10.7 Å². The number of carbonyl (C=O) groups is 1. The third kappa shape index (κ3) is 4.18. The van der Waals surface area contributed by atoms with E-state index < -0.39 is 9.76 Å². The van der Waals surface area contributed by atoms with Gasteiger partial charge in [0.05, 0.1) is 17.1 Å². The molecule has 0 atom stereocenters. The molecule has 2 rings (SSSR count). The van der Waals surface area contributed by atoms with Crippen molar-refractivity contribution in [3.63, 3.8) is 0 Å². The maximum absolute atomic E-state index is 10.6. The molecule has 10 heteroatoms. The molecule has 1 aromatic heterocycles. The van der Waals surface area contributed by atoms with Gasteiger partial charge in [-0.1, -0.05) is 58.0 Å². The Bertz CT molecular complexity index is 711. The van der Waals surface area contributed by atoms with Crippen molar-refractivity contribution in [1.29, 1.82) is 0 Å². The van der Waals surface area contributed by atoms with Crippen LogP contribution >= 0.6 is 58.0 Å². The standard InChI is InChI=1S/C12H8Cl5N3O2/c13-6-1-2-8(7(14)5-6)20-11(12(15,16)17)18-9(19-20)3-4-10(21)22/h1-2,5H,3-4H2,(H,21,22). The lowest BCUT2D eigenvalue weighted by molar-refractivity contribution is -0.137. The largest absolute Gasteiger partial charge is 0.481 e. The minimum atomic E-state index is -1.85. The molecular formula is C12H8Cl5N3O2. The number of halogens is 5. The second-order valence-corrected chi connectivity index (χ2v) is 7.38. The smallest absolute Gasteiger partial charge is 0.303 e. The zero-order valence-corrected chi connectivity index (χ0v) is 14.5. The topological polar surface area (TPSA) is 68.0 Å². The van der Waals surface area contributed by atoms with E-state index in [1.54, 1.807) is 12.1 Å². The van der Waals surface area contributed by atoms with Crippen molar-refractivity contribution >= 4 is 64.0 Å². The Kier molecular flexibility index (Phi) is 5.45. The Balaban J connectivity index is 2.50. The fourth-order valence-electron chi connectivity index (χ4n) is 1.68. The first-order valence-corrected chi connectivity index (χ1v) is 7.78. The molecular weight excluding hydrogens is 395 g/mol. The molecule has 1 N–H and O–H groups in total. The summed E-state index contributed by atoms with van der Waals surface area (Å²) < 4.78 is -0.583. The number of hydrogen-bond donors (Lipinski definition) is 1. The third-order valence-electron chi connectivity index (χ3n) is 2.60. The Morgan fingerprint density at radius 2 is 1.95 bits per heavy atom. The molecule has 0 bridgehead atoms. The lowest BCUT2D eigenvalue weighted by Gasteiger charge is -2.13. The van der Waals surface area contributed by atoms with E-state index in [4.69, 9.17) is 63.1 Å². The lowest BCUT2D eigenvalue weighted by Crippen LogP contribution is -2.12. The number of aromatic nitrogens is 3. The van der Waals surface area contributed by atoms with E-state index in [1.807, 2.05) is 0 Å². The molecule has 0 radical (unpaired) electrons. The molecule has 0 fully saturated rings. The molecule has 22 heavy (non-hydrogen) atoms. The summed E-state index contributed by atoms with van der Waals surface area (Å²) in [5, 5.41) is 13.6. The van der Waals surface area contributed by atoms with E-state index in [9.17, 15) is 4.79 Å². The first kappa shape index (κ1) is 17.6. The van der Waals surface area contributed by atoms with Gasteiger partial charge >= 0.3 is 5.97 Å². The minimum Gasteiger partial charge on any atom is -0.481 e. The van der Waals surface area contributed by atoms with Crippen LogP contribution < -0.4 is 0 Å². The van der Waals surface area contributed by atoms with Crippen molar-refractivity contribution in [1.82, 2.24) is 14.8 Å². The normalized spacial score (nSPS) is 11.7. The number of carboxylic acid groups (broad SMARTS) is 1. The van der Waals surface area contributed by atoms with Crippen molar-refractivity contribution in [3.8, 4) is 5.69 Å². The van der Waals surface area contributed by atoms with Crippen LogP contribution in [0.25, 0.3) is 5.69 Å². The van der Waals surface area contributed by atoms with E-state index in [0.29, 0.717) is 10.7 Å². The van der Waals surface area contributed by atoms with E-state index in [2.05, 4.69) is 10.1 Å². The Morgan fingerprint density at radius 3 is 2.50 bits per heavy atom. The number of carboxylic acids is 1. The zero-order chi connectivity index (χ0) is 16.5. The summed E-state index contributed by atoms with van der Waals surface area (Å²) in [6.45, 7) is 0. The highest BCUT2D eigenvalue weighted by atomic mass is 35.6. The number of nitrogens with zero attached hydrogens (tertiary/aromatic N) is 3. The van der Waals surface area contributed by atoms with Gasteiger partial charge in [0, 0.05) is 11.4 Å². The molecule has 2 aromatic rings. The Labute approximate surface area is 150 Å². The molecule has 1 aromatic carbocycles. The Hall–Kier alpha value is -0.720. The Morgan fingerprint density at radius 1 is 1.27 bits per heavy atom. The van der Waals surface area contributed by atoms with Gasteiger partial charge in [-0.2, -0.15) is 5.10 Å². The molecule has 0 saturated heterocycles. The molecule has 0 unspecified atom stereocenters. The second kappa shape index (κ2) is 6.81. The highest BCUT2D eigenvalue weighted by Crippen LogP contribution is 2.39. The molecule has 0 saturated carbocycles. The van der Waals surface area contributed by atoms with Gasteiger partial charge in [-0.15, -0.1) is 0 Å². The fraction of sp³-hybridized carbons (Fsp3) is 0.250. The molecule has 5 nitrogen and oxygen atoms in total. The summed E-state index contributed by atoms with van der Waals surface area (Å²) in [6.07, 6.45) is -0.0427. The number of alkyl halides is 3. The number of rotatable bonds is 4. The quantitative estimate of drug-likeness (QED) is 0.768. The maximum Gasteiger partial charge on any atom is 0.303 e. The average Bonchev–Trinajstić information content (AvgIpc) is 2.80. The number of hydrogen-bond acceptors (Lipinski definition) is 3. The van der Waals surface area contributed by atoms with Crippen LogP contribution in [0.1, 0.15) is 18.1 Å². The van der Waals surface area contributed by atoms with Crippen molar-refractivity contribution < 1.29 is 9.90 Å².